The summed E-state index contributed by atoms with van der Waals surface area (Å²) >= 11 is 9.97. The Morgan fingerprint density at radius 1 is 1.20 bits per heavy atom. The molecule has 30 heavy (non-hydrogen) atoms. The van der Waals surface area contributed by atoms with E-state index in [1.807, 2.05) is 0 Å². The van der Waals surface area contributed by atoms with Crippen LogP contribution < -0.4 is 10.2 Å². The minimum atomic E-state index is -1.49. The van der Waals surface area contributed by atoms with Crippen LogP contribution in [0.4, 0.5) is 5.69 Å². The van der Waals surface area contributed by atoms with Gasteiger partial charge in [0.25, 0.3) is 5.91 Å². The van der Waals surface area contributed by atoms with E-state index < -0.39 is 29.7 Å². The van der Waals surface area contributed by atoms with E-state index in [9.17, 15) is 14.4 Å². The smallest absolute Gasteiger partial charge is 0.304 e. The lowest BCUT2D eigenvalue weighted by Gasteiger charge is -2.37. The van der Waals surface area contributed by atoms with Crippen LogP contribution in [0, 0.1) is 0 Å². The van der Waals surface area contributed by atoms with Crippen molar-refractivity contribution >= 4 is 51.0 Å². The molecule has 2 aromatic carbocycles. The van der Waals surface area contributed by atoms with Gasteiger partial charge in [-0.3, -0.25) is 14.4 Å². The first-order valence-electron chi connectivity index (χ1n) is 9.19. The van der Waals surface area contributed by atoms with Crippen LogP contribution in [0.2, 0.25) is 5.02 Å². The largest absolute Gasteiger partial charge is 0.437 e. The summed E-state index contributed by atoms with van der Waals surface area (Å²) in [5, 5.41) is 3.39. The molecule has 0 fully saturated rings. The van der Waals surface area contributed by atoms with Gasteiger partial charge in [-0.05, 0) is 31.2 Å². The van der Waals surface area contributed by atoms with Crippen LogP contribution in [-0.4, -0.2) is 30.6 Å². The van der Waals surface area contributed by atoms with E-state index in [1.165, 1.54) is 13.8 Å². The molecule has 1 heterocycles. The lowest BCUT2D eigenvalue weighted by atomic mass is 9.92. The predicted octanol–water partition coefficient (Wildman–Crippen LogP) is 3.71. The summed E-state index contributed by atoms with van der Waals surface area (Å²) in [7, 11) is 0. The molecule has 9 heteroatoms. The third kappa shape index (κ3) is 4.00. The Bertz CT molecular complexity index is 1010. The van der Waals surface area contributed by atoms with Crippen LogP contribution in [0.15, 0.2) is 46.9 Å². The van der Waals surface area contributed by atoms with E-state index in [-0.39, 0.29) is 6.61 Å². The summed E-state index contributed by atoms with van der Waals surface area (Å²) in [6.45, 7) is 4.46. The number of halogens is 2. The zero-order valence-corrected chi connectivity index (χ0v) is 18.9. The first kappa shape index (κ1) is 22.4. The van der Waals surface area contributed by atoms with Gasteiger partial charge >= 0.3 is 5.97 Å². The number of anilines is 1. The third-order valence-corrected chi connectivity index (χ3v) is 5.39. The Morgan fingerprint density at radius 3 is 2.50 bits per heavy atom. The standard InChI is InChI=1S/C21H20BrClN2O5/c1-4-29-21(15-7-5-6-8-17(15)23)16-11-14(22)9-10-18(16)25(12(2)26)20(28)19(24-21)30-13(3)27/h5-11,19,24H,4H2,1-3H3. The summed E-state index contributed by atoms with van der Waals surface area (Å²) in [4.78, 5) is 38.4. The number of fused-ring (bicyclic) bond motifs is 1. The SMILES string of the molecule is CCOC1(c2ccccc2Cl)NC(OC(C)=O)C(=O)N(C(C)=O)c2ccc(Br)cc21. The molecule has 0 saturated heterocycles. The molecule has 1 N–H and O–H groups in total. The van der Waals surface area contributed by atoms with Gasteiger partial charge < -0.3 is 9.47 Å². The quantitative estimate of drug-likeness (QED) is 0.651. The number of nitrogens with zero attached hydrogens (tertiary/aromatic N) is 1. The van der Waals surface area contributed by atoms with Gasteiger partial charge in [-0.2, -0.15) is 0 Å². The van der Waals surface area contributed by atoms with Crippen LogP contribution >= 0.6 is 27.5 Å². The Labute approximate surface area is 187 Å². The zero-order chi connectivity index (χ0) is 22.1. The second-order valence-corrected chi connectivity index (χ2v) is 7.90. The molecule has 0 radical (unpaired) electrons. The first-order chi connectivity index (χ1) is 14.2. The summed E-state index contributed by atoms with van der Waals surface area (Å²) in [5.74, 6) is -1.97. The number of hydrogen-bond donors (Lipinski definition) is 1. The van der Waals surface area contributed by atoms with Crippen molar-refractivity contribution in [2.24, 2.45) is 0 Å². The molecule has 2 amide bonds. The number of amides is 2. The fraction of sp³-hybridized carbons (Fsp3) is 0.286. The molecule has 1 aliphatic heterocycles. The number of esters is 1. The molecule has 0 aliphatic carbocycles. The number of carbonyl (C=O) groups excluding carboxylic acids is 3. The maximum atomic E-state index is 13.2. The monoisotopic (exact) mass is 494 g/mol. The zero-order valence-electron chi connectivity index (χ0n) is 16.6. The first-order valence-corrected chi connectivity index (χ1v) is 10.4. The lowest BCUT2D eigenvalue weighted by molar-refractivity contribution is -0.162. The van der Waals surface area contributed by atoms with Gasteiger partial charge in [0.05, 0.1) is 5.69 Å². The maximum absolute atomic E-state index is 13.2. The molecular weight excluding hydrogens is 476 g/mol. The number of imide groups is 1. The highest BCUT2D eigenvalue weighted by Crippen LogP contribution is 2.43. The van der Waals surface area contributed by atoms with Gasteiger partial charge in [0.15, 0.2) is 5.72 Å². The molecule has 2 aromatic rings. The second-order valence-electron chi connectivity index (χ2n) is 6.58. The molecule has 2 unspecified atom stereocenters. The highest BCUT2D eigenvalue weighted by atomic mass is 79.9. The van der Waals surface area contributed by atoms with Crippen molar-refractivity contribution < 1.29 is 23.9 Å². The van der Waals surface area contributed by atoms with Gasteiger partial charge in [-0.15, -0.1) is 0 Å². The van der Waals surface area contributed by atoms with Crippen molar-refractivity contribution in [1.82, 2.24) is 5.32 Å². The molecular formula is C21H20BrClN2O5. The highest BCUT2D eigenvalue weighted by molar-refractivity contribution is 9.10. The predicted molar refractivity (Wildman–Crippen MR) is 115 cm³/mol. The Morgan fingerprint density at radius 2 is 1.90 bits per heavy atom. The maximum Gasteiger partial charge on any atom is 0.304 e. The van der Waals surface area contributed by atoms with E-state index in [0.29, 0.717) is 26.3 Å². The molecule has 0 spiro atoms. The molecule has 3 rings (SSSR count). The van der Waals surface area contributed by atoms with E-state index in [0.717, 1.165) is 4.90 Å². The van der Waals surface area contributed by atoms with E-state index in [4.69, 9.17) is 21.1 Å². The fourth-order valence-corrected chi connectivity index (χ4v) is 4.13. The number of rotatable bonds is 4. The minimum absolute atomic E-state index is 0.227. The van der Waals surface area contributed by atoms with Crippen molar-refractivity contribution in [2.45, 2.75) is 32.7 Å². The number of hydrogen-bond acceptors (Lipinski definition) is 6. The fourth-order valence-electron chi connectivity index (χ4n) is 3.50. The van der Waals surface area contributed by atoms with E-state index in [1.54, 1.807) is 49.4 Å². The average Bonchev–Trinajstić information content (AvgIpc) is 2.76. The number of nitrogens with one attached hydrogen (secondary N) is 1. The summed E-state index contributed by atoms with van der Waals surface area (Å²) < 4.78 is 12.1. The Kier molecular flexibility index (Phi) is 6.62. The van der Waals surface area contributed by atoms with Crippen molar-refractivity contribution in [3.63, 3.8) is 0 Å². The Balaban J connectivity index is 2.41. The van der Waals surface area contributed by atoms with Gasteiger partial charge in [0, 0.05) is 41.1 Å². The Hall–Kier alpha value is -2.26. The summed E-state index contributed by atoms with van der Waals surface area (Å²) in [6.07, 6.45) is -1.49. The molecule has 2 atom stereocenters. The molecule has 7 nitrogen and oxygen atoms in total. The number of ether oxygens (including phenoxy) is 2. The average molecular weight is 496 g/mol. The van der Waals surface area contributed by atoms with Crippen LogP contribution in [-0.2, 0) is 29.6 Å². The normalized spacial score (nSPS) is 21.0. The lowest BCUT2D eigenvalue weighted by Crippen LogP contribution is -2.55. The summed E-state index contributed by atoms with van der Waals surface area (Å²) in [6, 6.07) is 12.0. The van der Waals surface area contributed by atoms with Crippen LogP contribution in [0.1, 0.15) is 31.9 Å². The van der Waals surface area contributed by atoms with Crippen molar-refractivity contribution in [3.8, 4) is 0 Å². The van der Waals surface area contributed by atoms with E-state index in [2.05, 4.69) is 21.2 Å². The topological polar surface area (TPSA) is 84.9 Å². The van der Waals surface area contributed by atoms with Gasteiger partial charge in [-0.1, -0.05) is 45.7 Å². The third-order valence-electron chi connectivity index (χ3n) is 4.57. The van der Waals surface area contributed by atoms with Gasteiger partial charge in [-0.25, -0.2) is 10.2 Å². The van der Waals surface area contributed by atoms with Crippen molar-refractivity contribution in [2.75, 3.05) is 11.5 Å². The van der Waals surface area contributed by atoms with Crippen LogP contribution in [0.5, 0.6) is 0 Å². The molecule has 0 bridgehead atoms. The van der Waals surface area contributed by atoms with Crippen molar-refractivity contribution in [3.05, 3.63) is 63.1 Å². The van der Waals surface area contributed by atoms with Crippen LogP contribution in [0.3, 0.4) is 0 Å². The molecule has 0 aromatic heterocycles. The number of benzene rings is 2. The van der Waals surface area contributed by atoms with E-state index >= 15 is 0 Å². The van der Waals surface area contributed by atoms with Crippen LogP contribution in [0.25, 0.3) is 0 Å². The molecule has 158 valence electrons. The van der Waals surface area contributed by atoms with Gasteiger partial charge in [0.1, 0.15) is 0 Å². The minimum Gasteiger partial charge on any atom is -0.437 e. The number of carbonyl (C=O) groups is 3. The van der Waals surface area contributed by atoms with Crippen molar-refractivity contribution in [1.29, 1.82) is 0 Å². The summed E-state index contributed by atoms with van der Waals surface area (Å²) in [5.41, 5.74) is -0.217. The molecule has 1 aliphatic rings. The molecule has 0 saturated carbocycles. The second kappa shape index (κ2) is 8.85. The highest BCUT2D eigenvalue weighted by Gasteiger charge is 2.49. The van der Waals surface area contributed by atoms with Gasteiger partial charge in [0.2, 0.25) is 12.1 Å².